The van der Waals surface area contributed by atoms with Crippen molar-refractivity contribution in [3.63, 3.8) is 0 Å². The first-order valence-corrected chi connectivity index (χ1v) is 6.73. The summed E-state index contributed by atoms with van der Waals surface area (Å²) < 4.78 is 0. The van der Waals surface area contributed by atoms with Crippen LogP contribution in [0.1, 0.15) is 44.1 Å². The van der Waals surface area contributed by atoms with E-state index >= 15 is 0 Å². The van der Waals surface area contributed by atoms with Gasteiger partial charge in [0.2, 0.25) is 0 Å². The van der Waals surface area contributed by atoms with Crippen LogP contribution in [0.15, 0.2) is 18.2 Å². The Bertz CT molecular complexity index is 461. The van der Waals surface area contributed by atoms with E-state index in [4.69, 9.17) is 5.11 Å². The van der Waals surface area contributed by atoms with E-state index in [-0.39, 0.29) is 29.3 Å². The molecule has 1 aromatic carbocycles. The monoisotopic (exact) mass is 264 g/mol. The lowest BCUT2D eigenvalue weighted by molar-refractivity contribution is -0.143. The molecule has 1 unspecified atom stereocenters. The molecule has 3 N–H and O–H groups in total. The number of phenolic OH excluding ortho intramolecular Hbond substituents is 2. The van der Waals surface area contributed by atoms with E-state index in [9.17, 15) is 15.0 Å². The summed E-state index contributed by atoms with van der Waals surface area (Å²) in [4.78, 5) is 11.0. The fourth-order valence-corrected chi connectivity index (χ4v) is 3.01. The number of carboxylic acids is 1. The molecule has 1 fully saturated rings. The average molecular weight is 264 g/mol. The molecule has 19 heavy (non-hydrogen) atoms. The van der Waals surface area contributed by atoms with Crippen molar-refractivity contribution in [2.45, 2.75) is 38.5 Å². The number of rotatable bonds is 3. The summed E-state index contributed by atoms with van der Waals surface area (Å²) in [7, 11) is 0. The van der Waals surface area contributed by atoms with Crippen LogP contribution >= 0.6 is 0 Å². The number of benzene rings is 1. The molecule has 104 valence electrons. The maximum Gasteiger partial charge on any atom is 0.306 e. The summed E-state index contributed by atoms with van der Waals surface area (Å²) in [5.74, 6) is -0.333. The highest BCUT2D eigenvalue weighted by Gasteiger charge is 2.30. The molecule has 0 spiro atoms. The third-order valence-electron chi connectivity index (χ3n) is 4.32. The van der Waals surface area contributed by atoms with E-state index in [1.54, 1.807) is 19.1 Å². The second-order valence-electron chi connectivity index (χ2n) is 5.48. The minimum Gasteiger partial charge on any atom is -0.508 e. The van der Waals surface area contributed by atoms with Gasteiger partial charge in [-0.05, 0) is 49.1 Å². The van der Waals surface area contributed by atoms with Gasteiger partial charge >= 0.3 is 5.97 Å². The zero-order chi connectivity index (χ0) is 14.0. The summed E-state index contributed by atoms with van der Waals surface area (Å²) in [5.41, 5.74) is 0.860. The third kappa shape index (κ3) is 3.00. The molecule has 0 heterocycles. The second-order valence-corrected chi connectivity index (χ2v) is 5.48. The van der Waals surface area contributed by atoms with Gasteiger partial charge < -0.3 is 15.3 Å². The number of hydrogen-bond acceptors (Lipinski definition) is 3. The van der Waals surface area contributed by atoms with E-state index in [2.05, 4.69) is 0 Å². The van der Waals surface area contributed by atoms with Gasteiger partial charge in [-0.1, -0.05) is 13.0 Å². The summed E-state index contributed by atoms with van der Waals surface area (Å²) in [5, 5.41) is 28.2. The Morgan fingerprint density at radius 3 is 2.37 bits per heavy atom. The van der Waals surface area contributed by atoms with Gasteiger partial charge in [0, 0.05) is 6.07 Å². The molecule has 0 aliphatic heterocycles. The van der Waals surface area contributed by atoms with Crippen LogP contribution in [0.2, 0.25) is 0 Å². The minimum atomic E-state index is -0.726. The van der Waals surface area contributed by atoms with Crippen LogP contribution in [0.4, 0.5) is 0 Å². The number of phenols is 2. The molecule has 0 amide bonds. The van der Waals surface area contributed by atoms with E-state index in [0.717, 1.165) is 31.2 Å². The quantitative estimate of drug-likeness (QED) is 0.784. The molecule has 0 aromatic heterocycles. The lowest BCUT2D eigenvalue weighted by Crippen LogP contribution is -2.24. The number of aromatic hydroxyl groups is 2. The summed E-state index contributed by atoms with van der Waals surface area (Å²) >= 11 is 0. The number of carbonyl (C=O) groups is 1. The normalized spacial score (nSPS) is 24.9. The van der Waals surface area contributed by atoms with Gasteiger partial charge in [0.1, 0.15) is 11.5 Å². The van der Waals surface area contributed by atoms with Crippen molar-refractivity contribution in [1.82, 2.24) is 0 Å². The highest BCUT2D eigenvalue weighted by molar-refractivity contribution is 5.69. The standard InChI is InChI=1S/C15H20O4/c1-9(15(18)19)10-2-4-11(5-3-10)13-7-6-12(16)8-14(13)17/h6-11,16-17H,2-5H2,1H3,(H,18,19). The van der Waals surface area contributed by atoms with Crippen LogP contribution in [0, 0.1) is 11.8 Å². The van der Waals surface area contributed by atoms with Crippen molar-refractivity contribution in [3.05, 3.63) is 23.8 Å². The summed E-state index contributed by atoms with van der Waals surface area (Å²) in [6, 6.07) is 4.71. The smallest absolute Gasteiger partial charge is 0.306 e. The largest absolute Gasteiger partial charge is 0.508 e. The van der Waals surface area contributed by atoms with E-state index in [1.807, 2.05) is 0 Å². The van der Waals surface area contributed by atoms with Crippen molar-refractivity contribution in [1.29, 1.82) is 0 Å². The predicted molar refractivity (Wildman–Crippen MR) is 71.3 cm³/mol. The lowest BCUT2D eigenvalue weighted by atomic mass is 9.74. The Kier molecular flexibility index (Phi) is 3.98. The molecule has 0 radical (unpaired) electrons. The fourth-order valence-electron chi connectivity index (χ4n) is 3.01. The molecule has 1 aromatic rings. The summed E-state index contributed by atoms with van der Waals surface area (Å²) in [6.45, 7) is 1.77. The van der Waals surface area contributed by atoms with Crippen LogP contribution in [0.5, 0.6) is 11.5 Å². The van der Waals surface area contributed by atoms with E-state index < -0.39 is 5.97 Å². The van der Waals surface area contributed by atoms with Crippen LogP contribution in [0.3, 0.4) is 0 Å². The van der Waals surface area contributed by atoms with Crippen molar-refractivity contribution in [3.8, 4) is 11.5 Å². The maximum absolute atomic E-state index is 11.0. The first kappa shape index (κ1) is 13.7. The van der Waals surface area contributed by atoms with Crippen molar-refractivity contribution >= 4 is 5.97 Å². The number of aliphatic carboxylic acids is 1. The zero-order valence-electron chi connectivity index (χ0n) is 11.0. The molecule has 2 rings (SSSR count). The molecule has 1 aliphatic carbocycles. The van der Waals surface area contributed by atoms with Crippen molar-refractivity contribution in [2.24, 2.45) is 11.8 Å². The molecular formula is C15H20O4. The Morgan fingerprint density at radius 2 is 1.84 bits per heavy atom. The molecule has 0 saturated heterocycles. The average Bonchev–Trinajstić information content (AvgIpc) is 2.38. The highest BCUT2D eigenvalue weighted by Crippen LogP contribution is 2.42. The Labute approximate surface area is 112 Å². The SMILES string of the molecule is CC(C(=O)O)C1CCC(c2ccc(O)cc2O)CC1. The first-order valence-electron chi connectivity index (χ1n) is 6.73. The molecule has 4 nitrogen and oxygen atoms in total. The zero-order valence-corrected chi connectivity index (χ0v) is 11.0. The van der Waals surface area contributed by atoms with Crippen LogP contribution < -0.4 is 0 Å². The molecule has 1 saturated carbocycles. The Hall–Kier alpha value is -1.71. The van der Waals surface area contributed by atoms with Gasteiger partial charge in [0.05, 0.1) is 5.92 Å². The van der Waals surface area contributed by atoms with Gasteiger partial charge in [-0.25, -0.2) is 0 Å². The van der Waals surface area contributed by atoms with E-state index in [0.29, 0.717) is 0 Å². The second kappa shape index (κ2) is 5.51. The number of carboxylic acid groups (broad SMARTS) is 1. The van der Waals surface area contributed by atoms with Crippen LogP contribution in [0.25, 0.3) is 0 Å². The topological polar surface area (TPSA) is 77.8 Å². The van der Waals surface area contributed by atoms with Gasteiger partial charge in [0.15, 0.2) is 0 Å². The lowest BCUT2D eigenvalue weighted by Gasteiger charge is -2.31. The predicted octanol–water partition coefficient (Wildman–Crippen LogP) is 3.09. The number of hydrogen-bond donors (Lipinski definition) is 3. The summed E-state index contributed by atoms with van der Waals surface area (Å²) in [6.07, 6.45) is 3.53. The fraction of sp³-hybridized carbons (Fsp3) is 0.533. The van der Waals surface area contributed by atoms with Crippen molar-refractivity contribution in [2.75, 3.05) is 0 Å². The molecule has 0 bridgehead atoms. The van der Waals surface area contributed by atoms with E-state index in [1.165, 1.54) is 6.07 Å². The van der Waals surface area contributed by atoms with Gasteiger partial charge in [-0.3, -0.25) is 4.79 Å². The van der Waals surface area contributed by atoms with Crippen LogP contribution in [-0.2, 0) is 4.79 Å². The molecule has 4 heteroatoms. The first-order chi connectivity index (χ1) is 8.99. The minimum absolute atomic E-state index is 0.0643. The Balaban J connectivity index is 2.02. The third-order valence-corrected chi connectivity index (χ3v) is 4.32. The molecular weight excluding hydrogens is 244 g/mol. The van der Waals surface area contributed by atoms with Crippen LogP contribution in [-0.4, -0.2) is 21.3 Å². The van der Waals surface area contributed by atoms with Gasteiger partial charge in [-0.2, -0.15) is 0 Å². The highest BCUT2D eigenvalue weighted by atomic mass is 16.4. The van der Waals surface area contributed by atoms with Crippen molar-refractivity contribution < 1.29 is 20.1 Å². The molecule has 1 aliphatic rings. The molecule has 1 atom stereocenters. The Morgan fingerprint density at radius 1 is 1.21 bits per heavy atom. The van der Waals surface area contributed by atoms with Gasteiger partial charge in [-0.15, -0.1) is 0 Å². The maximum atomic E-state index is 11.0. The van der Waals surface area contributed by atoms with Gasteiger partial charge in [0.25, 0.3) is 0 Å².